The Morgan fingerprint density at radius 2 is 2.14 bits per heavy atom. The molecule has 0 radical (unpaired) electrons. The number of nitrogens with zero attached hydrogens (tertiary/aromatic N) is 3. The molecule has 9 nitrogen and oxygen atoms in total. The molecule has 162 valence electrons. The zero-order chi connectivity index (χ0) is 22.4. The number of rotatable bonds is 9. The van der Waals surface area contributed by atoms with E-state index in [-0.39, 0.29) is 32.0 Å². The van der Waals surface area contributed by atoms with Crippen molar-refractivity contribution in [2.75, 3.05) is 6.61 Å². The summed E-state index contributed by atoms with van der Waals surface area (Å²) < 4.78 is 43.2. The number of alkyl halides is 1. The fourth-order valence-electron chi connectivity index (χ4n) is 3.06. The van der Waals surface area contributed by atoms with Gasteiger partial charge < -0.3 is 13.8 Å². The summed E-state index contributed by atoms with van der Waals surface area (Å²) in [5.74, 6) is 0. The highest BCUT2D eigenvalue weighted by molar-refractivity contribution is 7.44. The van der Waals surface area contributed by atoms with Gasteiger partial charge in [0.05, 0.1) is 25.2 Å². The molecule has 1 aromatic rings. The molecule has 2 heterocycles. The zero-order valence-electron chi connectivity index (χ0n) is 17.9. The first-order valence-corrected chi connectivity index (χ1v) is 10.5. The Kier molecular flexibility index (Phi) is 7.92. The van der Waals surface area contributed by atoms with E-state index in [1.165, 1.54) is 6.20 Å². The first-order valence-electron chi connectivity index (χ1n) is 10.1. The molecule has 5 atom stereocenters. The van der Waals surface area contributed by atoms with Crippen molar-refractivity contribution in [3.63, 3.8) is 0 Å². The summed E-state index contributed by atoms with van der Waals surface area (Å²) in [5, 5.41) is 8.83. The number of H-pyrrole nitrogens is 1. The second-order valence-corrected chi connectivity index (χ2v) is 8.55. The minimum Gasteiger partial charge on any atom is -0.349 e. The lowest BCUT2D eigenvalue weighted by Gasteiger charge is -2.37. The van der Waals surface area contributed by atoms with Gasteiger partial charge in [0.25, 0.3) is 14.1 Å². The van der Waals surface area contributed by atoms with Gasteiger partial charge in [-0.1, -0.05) is 0 Å². The highest BCUT2D eigenvalue weighted by Gasteiger charge is 2.48. The minimum atomic E-state index is -1.80. The van der Waals surface area contributed by atoms with Crippen molar-refractivity contribution in [2.45, 2.75) is 77.7 Å². The monoisotopic (exact) mass is 431 g/mol. The van der Waals surface area contributed by atoms with Crippen LogP contribution in [0.3, 0.4) is 0 Å². The Bertz CT molecular complexity index is 837. The molecule has 1 fully saturated rings. The highest BCUT2D eigenvalue weighted by atomic mass is 31.2. The predicted octanol–water partition coefficient (Wildman–Crippen LogP) is 2.45. The second-order valence-electron chi connectivity index (χ2n) is 7.14. The first-order chi connectivity index (χ1) is 14.2. The van der Waals surface area contributed by atoms with Gasteiger partial charge >= 0.3 is 5.69 Å². The molecule has 0 bridgehead atoms. The average molecular weight is 431 g/mol. The van der Waals surface area contributed by atoms with Gasteiger partial charge in [-0.15, -0.1) is 0 Å². The summed E-state index contributed by atoms with van der Waals surface area (Å²) in [6, 6.07) is 3.12. The van der Waals surface area contributed by atoms with Gasteiger partial charge in [0.1, 0.15) is 6.10 Å². The van der Waals surface area contributed by atoms with Crippen molar-refractivity contribution >= 4 is 8.53 Å². The fourth-order valence-corrected chi connectivity index (χ4v) is 4.79. The quantitative estimate of drug-likeness (QED) is 0.472. The van der Waals surface area contributed by atoms with Crippen molar-refractivity contribution in [3.05, 3.63) is 33.1 Å². The topological polar surface area (TPSA) is 110 Å². The van der Waals surface area contributed by atoms with Crippen LogP contribution in [0.25, 0.3) is 0 Å². The van der Waals surface area contributed by atoms with E-state index in [4.69, 9.17) is 20.4 Å². The Morgan fingerprint density at radius 1 is 1.45 bits per heavy atom. The van der Waals surface area contributed by atoms with Crippen LogP contribution in [0, 0.1) is 11.3 Å². The third-order valence-corrected chi connectivity index (χ3v) is 6.39. The molecule has 1 aromatic heterocycles. The summed E-state index contributed by atoms with van der Waals surface area (Å²) in [7, 11) is -1.80. The van der Waals surface area contributed by atoms with Crippen LogP contribution in [0.5, 0.6) is 0 Å². The van der Waals surface area contributed by atoms with Gasteiger partial charge in [0, 0.05) is 25.7 Å². The maximum atomic E-state index is 15.1. The Morgan fingerprint density at radius 3 is 2.69 bits per heavy atom. The van der Waals surface area contributed by atoms with Crippen LogP contribution in [0.2, 0.25) is 0 Å². The van der Waals surface area contributed by atoms with Gasteiger partial charge in [0.15, 0.2) is 12.4 Å². The number of nitriles is 1. The molecule has 1 saturated heterocycles. The van der Waals surface area contributed by atoms with E-state index in [1.807, 2.05) is 38.4 Å². The summed E-state index contributed by atoms with van der Waals surface area (Å²) >= 11 is 0. The Balaban J connectivity index is 2.38. The summed E-state index contributed by atoms with van der Waals surface area (Å²) in [4.78, 5) is 25.8. The molecular weight excluding hydrogens is 402 g/mol. The average Bonchev–Trinajstić information content (AvgIpc) is 2.97. The molecule has 1 aliphatic heterocycles. The van der Waals surface area contributed by atoms with Crippen molar-refractivity contribution in [1.82, 2.24) is 14.2 Å². The standard InChI is InChI=1S/C18H28FN4O5P/c1-11(2)23(12(3)4)29(26-10-6-8-20)28-16-15(19)13(5)27-17(16)22-9-7-14(24)21-18(22)25/h7,9,11-13,15-17H,6,10H2,1-5H3,(H,21,24,25)/t13-,15+,16?,17-,29?/m1/s1/i5D. The van der Waals surface area contributed by atoms with E-state index in [2.05, 4.69) is 4.98 Å². The number of hydrogen-bond donors (Lipinski definition) is 1. The molecule has 2 unspecified atom stereocenters. The number of ether oxygens (including phenoxy) is 1. The third-order valence-electron chi connectivity index (χ3n) is 4.26. The van der Waals surface area contributed by atoms with Crippen LogP contribution in [-0.4, -0.2) is 51.3 Å². The maximum absolute atomic E-state index is 15.1. The van der Waals surface area contributed by atoms with E-state index in [0.717, 1.165) is 10.6 Å². The van der Waals surface area contributed by atoms with E-state index in [9.17, 15) is 9.59 Å². The maximum Gasteiger partial charge on any atom is 0.330 e. The van der Waals surface area contributed by atoms with E-state index < -0.39 is 44.4 Å². The second kappa shape index (κ2) is 10.4. The molecule has 0 spiro atoms. The number of hydrogen-bond acceptors (Lipinski definition) is 7. The smallest absolute Gasteiger partial charge is 0.330 e. The van der Waals surface area contributed by atoms with E-state index in [1.54, 1.807) is 0 Å². The molecule has 1 aliphatic rings. The van der Waals surface area contributed by atoms with E-state index in [0.29, 0.717) is 0 Å². The minimum absolute atomic E-state index is 0.000181. The highest BCUT2D eigenvalue weighted by Crippen LogP contribution is 2.50. The fraction of sp³-hybridized carbons (Fsp3) is 0.722. The van der Waals surface area contributed by atoms with Crippen LogP contribution < -0.4 is 11.2 Å². The lowest BCUT2D eigenvalue weighted by molar-refractivity contribution is -0.0315. The molecule has 11 heteroatoms. The molecule has 0 amide bonds. The molecular formula is C18H28FN4O5P. The van der Waals surface area contributed by atoms with E-state index >= 15 is 4.39 Å². The summed E-state index contributed by atoms with van der Waals surface area (Å²) in [5.41, 5.74) is -1.35. The molecule has 0 aliphatic carbocycles. The van der Waals surface area contributed by atoms with Crippen molar-refractivity contribution in [2.24, 2.45) is 0 Å². The predicted molar refractivity (Wildman–Crippen MR) is 106 cm³/mol. The number of aromatic amines is 1. The van der Waals surface area contributed by atoms with Gasteiger partial charge in [-0.3, -0.25) is 14.3 Å². The Labute approximate surface area is 171 Å². The number of aromatic nitrogens is 2. The molecule has 29 heavy (non-hydrogen) atoms. The van der Waals surface area contributed by atoms with Crippen molar-refractivity contribution < 1.29 is 19.5 Å². The molecule has 1 N–H and O–H groups in total. The lowest BCUT2D eigenvalue weighted by atomic mass is 10.2. The van der Waals surface area contributed by atoms with Crippen LogP contribution in [-0.2, 0) is 13.8 Å². The van der Waals surface area contributed by atoms with Gasteiger partial charge in [0.2, 0.25) is 0 Å². The third kappa shape index (κ3) is 5.71. The van der Waals surface area contributed by atoms with Crippen molar-refractivity contribution in [1.29, 1.82) is 5.26 Å². The summed E-state index contributed by atoms with van der Waals surface area (Å²) in [6.07, 6.45) is -3.84. The number of nitrogens with one attached hydrogen (secondary N) is 1. The normalized spacial score (nSPS) is 26.1. The van der Waals surface area contributed by atoms with Crippen LogP contribution in [0.15, 0.2) is 21.9 Å². The van der Waals surface area contributed by atoms with Crippen LogP contribution >= 0.6 is 8.53 Å². The van der Waals surface area contributed by atoms with Crippen molar-refractivity contribution in [3.8, 4) is 6.07 Å². The zero-order valence-corrected chi connectivity index (χ0v) is 17.8. The SMILES string of the molecule is [2H]C[C@H]1O[C@@H](n2ccc(=O)[nH]c2=O)C(OP(OCCC#N)N(C(C)C)C(C)C)[C@H]1F. The lowest BCUT2D eigenvalue weighted by Crippen LogP contribution is -2.40. The molecule has 0 saturated carbocycles. The van der Waals surface area contributed by atoms with Crippen LogP contribution in [0.1, 0.15) is 48.6 Å². The largest absolute Gasteiger partial charge is 0.349 e. The number of halogens is 1. The molecule has 0 aromatic carbocycles. The van der Waals surface area contributed by atoms with Gasteiger partial charge in [-0.05, 0) is 34.6 Å². The summed E-state index contributed by atoms with van der Waals surface area (Å²) in [6.45, 7) is 7.53. The van der Waals surface area contributed by atoms with Gasteiger partial charge in [-0.2, -0.15) is 5.26 Å². The molecule has 2 rings (SSSR count). The Hall–Kier alpha value is -1.63. The van der Waals surface area contributed by atoms with Gasteiger partial charge in [-0.25, -0.2) is 13.9 Å². The first kappa shape index (κ1) is 22.1. The van der Waals surface area contributed by atoms with Crippen LogP contribution in [0.4, 0.5) is 4.39 Å².